The van der Waals surface area contributed by atoms with Gasteiger partial charge in [0.2, 0.25) is 0 Å². The molecule has 1 nitrogen and oxygen atoms in total. The van der Waals surface area contributed by atoms with E-state index in [0.717, 1.165) is 18.4 Å². The second kappa shape index (κ2) is 7.46. The van der Waals surface area contributed by atoms with Crippen molar-refractivity contribution in [1.82, 2.24) is 0 Å². The van der Waals surface area contributed by atoms with Crippen LogP contribution < -0.4 is 5.73 Å². The van der Waals surface area contributed by atoms with Gasteiger partial charge in [0, 0.05) is 16.7 Å². The van der Waals surface area contributed by atoms with E-state index in [1.807, 2.05) is 18.2 Å². The lowest BCUT2D eigenvalue weighted by Crippen LogP contribution is -2.13. The molecule has 0 spiro atoms. The SMILES string of the molecule is CCCc1cccc(C(N)CSc2ccccc2F)c1. The molecule has 20 heavy (non-hydrogen) atoms. The maximum Gasteiger partial charge on any atom is 0.136 e. The molecule has 106 valence electrons. The Hall–Kier alpha value is -1.32. The smallest absolute Gasteiger partial charge is 0.136 e. The Morgan fingerprint density at radius 1 is 1.15 bits per heavy atom. The zero-order chi connectivity index (χ0) is 14.4. The number of rotatable bonds is 6. The van der Waals surface area contributed by atoms with Crippen LogP contribution in [0.5, 0.6) is 0 Å². The molecule has 0 aliphatic rings. The first-order chi connectivity index (χ1) is 9.70. The highest BCUT2D eigenvalue weighted by Crippen LogP contribution is 2.26. The highest BCUT2D eigenvalue weighted by atomic mass is 32.2. The van der Waals surface area contributed by atoms with Gasteiger partial charge in [-0.15, -0.1) is 11.8 Å². The maximum absolute atomic E-state index is 13.5. The third-order valence-corrected chi connectivity index (χ3v) is 4.34. The molecule has 0 saturated heterocycles. The summed E-state index contributed by atoms with van der Waals surface area (Å²) in [6, 6.07) is 15.1. The fourth-order valence-corrected chi connectivity index (χ4v) is 3.04. The van der Waals surface area contributed by atoms with E-state index < -0.39 is 0 Å². The van der Waals surface area contributed by atoms with Gasteiger partial charge in [-0.1, -0.05) is 49.7 Å². The molecule has 3 heteroatoms. The van der Waals surface area contributed by atoms with Crippen molar-refractivity contribution in [3.8, 4) is 0 Å². The number of benzene rings is 2. The van der Waals surface area contributed by atoms with Crippen LogP contribution in [0.1, 0.15) is 30.5 Å². The lowest BCUT2D eigenvalue weighted by molar-refractivity contribution is 0.602. The van der Waals surface area contributed by atoms with Gasteiger partial charge in [-0.2, -0.15) is 0 Å². The topological polar surface area (TPSA) is 26.0 Å². The molecular formula is C17H20FNS. The van der Waals surface area contributed by atoms with Crippen LogP contribution in [-0.2, 0) is 6.42 Å². The van der Waals surface area contributed by atoms with E-state index in [9.17, 15) is 4.39 Å². The zero-order valence-electron chi connectivity index (χ0n) is 11.7. The quantitative estimate of drug-likeness (QED) is 0.788. The Morgan fingerprint density at radius 3 is 2.70 bits per heavy atom. The van der Waals surface area contributed by atoms with Crippen LogP contribution in [0.4, 0.5) is 4.39 Å². The van der Waals surface area contributed by atoms with Crippen molar-refractivity contribution >= 4 is 11.8 Å². The molecule has 0 radical (unpaired) electrons. The van der Waals surface area contributed by atoms with Gasteiger partial charge in [0.15, 0.2) is 0 Å². The average Bonchev–Trinajstić information content (AvgIpc) is 2.47. The molecule has 0 aliphatic carbocycles. The highest BCUT2D eigenvalue weighted by molar-refractivity contribution is 7.99. The lowest BCUT2D eigenvalue weighted by Gasteiger charge is -2.13. The van der Waals surface area contributed by atoms with Crippen molar-refractivity contribution in [2.75, 3.05) is 5.75 Å². The molecule has 2 N–H and O–H groups in total. The van der Waals surface area contributed by atoms with Crippen molar-refractivity contribution in [1.29, 1.82) is 0 Å². The Bertz CT molecular complexity index is 556. The van der Waals surface area contributed by atoms with Gasteiger partial charge in [-0.05, 0) is 29.7 Å². The first-order valence-electron chi connectivity index (χ1n) is 6.92. The summed E-state index contributed by atoms with van der Waals surface area (Å²) in [6.07, 6.45) is 2.20. The Balaban J connectivity index is 1.99. The van der Waals surface area contributed by atoms with Crippen molar-refractivity contribution in [3.05, 3.63) is 65.5 Å². The lowest BCUT2D eigenvalue weighted by atomic mass is 10.0. The molecule has 0 fully saturated rings. The van der Waals surface area contributed by atoms with E-state index in [4.69, 9.17) is 5.73 Å². The predicted molar refractivity (Wildman–Crippen MR) is 84.5 cm³/mol. The van der Waals surface area contributed by atoms with Crippen LogP contribution in [0.2, 0.25) is 0 Å². The summed E-state index contributed by atoms with van der Waals surface area (Å²) >= 11 is 1.47. The van der Waals surface area contributed by atoms with Crippen molar-refractivity contribution in [2.45, 2.75) is 30.7 Å². The van der Waals surface area contributed by atoms with Gasteiger partial charge in [-0.3, -0.25) is 0 Å². The van der Waals surface area contributed by atoms with E-state index in [1.165, 1.54) is 23.4 Å². The number of aryl methyl sites for hydroxylation is 1. The van der Waals surface area contributed by atoms with E-state index >= 15 is 0 Å². The molecule has 0 saturated carbocycles. The molecule has 0 amide bonds. The minimum atomic E-state index is -0.176. The summed E-state index contributed by atoms with van der Waals surface area (Å²) < 4.78 is 13.5. The minimum Gasteiger partial charge on any atom is -0.323 e. The van der Waals surface area contributed by atoms with E-state index in [2.05, 4.69) is 19.1 Å². The van der Waals surface area contributed by atoms with E-state index in [-0.39, 0.29) is 11.9 Å². The Morgan fingerprint density at radius 2 is 1.95 bits per heavy atom. The molecule has 0 aromatic heterocycles. The first kappa shape index (κ1) is 15.1. The van der Waals surface area contributed by atoms with Crippen LogP contribution in [-0.4, -0.2) is 5.75 Å². The summed E-state index contributed by atoms with van der Waals surface area (Å²) in [6.45, 7) is 2.17. The van der Waals surface area contributed by atoms with Gasteiger partial charge in [0.05, 0.1) is 0 Å². The van der Waals surface area contributed by atoms with Gasteiger partial charge in [0.1, 0.15) is 5.82 Å². The molecule has 0 bridgehead atoms. The largest absolute Gasteiger partial charge is 0.323 e. The standard InChI is InChI=1S/C17H20FNS/c1-2-6-13-7-5-8-14(11-13)16(19)12-20-17-10-4-3-9-15(17)18/h3-5,7-11,16H,2,6,12,19H2,1H3. The van der Waals surface area contributed by atoms with Gasteiger partial charge < -0.3 is 5.73 Å². The van der Waals surface area contributed by atoms with Crippen LogP contribution in [0.25, 0.3) is 0 Å². The summed E-state index contributed by atoms with van der Waals surface area (Å²) in [5.41, 5.74) is 8.66. The average molecular weight is 289 g/mol. The number of thioether (sulfide) groups is 1. The monoisotopic (exact) mass is 289 g/mol. The van der Waals surface area contributed by atoms with Crippen LogP contribution in [0, 0.1) is 5.82 Å². The summed E-state index contributed by atoms with van der Waals surface area (Å²) in [5, 5.41) is 0. The Kier molecular flexibility index (Phi) is 5.62. The normalized spacial score (nSPS) is 12.3. The highest BCUT2D eigenvalue weighted by Gasteiger charge is 2.09. The van der Waals surface area contributed by atoms with E-state index in [0.29, 0.717) is 10.6 Å². The summed E-state index contributed by atoms with van der Waals surface area (Å²) in [4.78, 5) is 0.660. The third kappa shape index (κ3) is 4.09. The fraction of sp³-hybridized carbons (Fsp3) is 0.294. The van der Waals surface area contributed by atoms with Crippen LogP contribution in [0.15, 0.2) is 53.4 Å². The first-order valence-corrected chi connectivity index (χ1v) is 7.91. The third-order valence-electron chi connectivity index (χ3n) is 3.17. The van der Waals surface area contributed by atoms with Crippen molar-refractivity contribution in [3.63, 3.8) is 0 Å². The van der Waals surface area contributed by atoms with Gasteiger partial charge in [-0.25, -0.2) is 4.39 Å². The molecule has 2 aromatic rings. The molecule has 1 unspecified atom stereocenters. The molecule has 2 rings (SSSR count). The van der Waals surface area contributed by atoms with E-state index in [1.54, 1.807) is 12.1 Å². The molecular weight excluding hydrogens is 269 g/mol. The molecule has 0 aliphatic heterocycles. The predicted octanol–water partition coefficient (Wildman–Crippen LogP) is 4.57. The second-order valence-electron chi connectivity index (χ2n) is 4.84. The number of halogens is 1. The van der Waals surface area contributed by atoms with Crippen molar-refractivity contribution in [2.24, 2.45) is 5.73 Å². The maximum atomic E-state index is 13.5. The van der Waals surface area contributed by atoms with Gasteiger partial charge in [0.25, 0.3) is 0 Å². The molecule has 2 aromatic carbocycles. The molecule has 0 heterocycles. The van der Waals surface area contributed by atoms with Crippen molar-refractivity contribution < 1.29 is 4.39 Å². The number of hydrogen-bond acceptors (Lipinski definition) is 2. The molecule has 1 atom stereocenters. The Labute approximate surface area is 124 Å². The summed E-state index contributed by atoms with van der Waals surface area (Å²) in [5.74, 6) is 0.501. The fourth-order valence-electron chi connectivity index (χ4n) is 2.11. The number of nitrogens with two attached hydrogens (primary N) is 1. The zero-order valence-corrected chi connectivity index (χ0v) is 12.5. The number of hydrogen-bond donors (Lipinski definition) is 1. The second-order valence-corrected chi connectivity index (χ2v) is 5.90. The van der Waals surface area contributed by atoms with Crippen LogP contribution >= 0.6 is 11.8 Å². The van der Waals surface area contributed by atoms with Crippen LogP contribution in [0.3, 0.4) is 0 Å². The minimum absolute atomic E-state index is 0.0728. The summed E-state index contributed by atoms with van der Waals surface area (Å²) in [7, 11) is 0. The van der Waals surface area contributed by atoms with Gasteiger partial charge >= 0.3 is 0 Å².